The predicted octanol–water partition coefficient (Wildman–Crippen LogP) is 4.98. The van der Waals surface area contributed by atoms with Crippen molar-refractivity contribution in [3.63, 3.8) is 0 Å². The second-order valence-corrected chi connectivity index (χ2v) is 10.3. The highest BCUT2D eigenvalue weighted by atomic mass is 35.5. The van der Waals surface area contributed by atoms with Crippen LogP contribution >= 0.6 is 11.6 Å². The van der Waals surface area contributed by atoms with E-state index < -0.39 is 12.6 Å². The van der Waals surface area contributed by atoms with Crippen LogP contribution in [0.3, 0.4) is 0 Å². The van der Waals surface area contributed by atoms with Crippen molar-refractivity contribution in [1.82, 2.24) is 9.47 Å². The van der Waals surface area contributed by atoms with Crippen molar-refractivity contribution in [3.05, 3.63) is 98.9 Å². The number of aryl methyl sites for hydroxylation is 2. The van der Waals surface area contributed by atoms with Gasteiger partial charge in [0.05, 0.1) is 0 Å². The summed E-state index contributed by atoms with van der Waals surface area (Å²) in [5.74, 6) is -0.981. The maximum absolute atomic E-state index is 13.4. The zero-order valence-electron chi connectivity index (χ0n) is 22.2. The SMILES string of the molecule is Cc1ccc(-c2c(C(=O)OCC(=O)N3CCN(c4cc(Cl)ccc4C)CC3)n(C)c(=O)c3ccccc23)cc1. The van der Waals surface area contributed by atoms with E-state index in [0.717, 1.165) is 22.4 Å². The molecule has 1 fully saturated rings. The first kappa shape index (κ1) is 26.5. The third kappa shape index (κ3) is 5.27. The summed E-state index contributed by atoms with van der Waals surface area (Å²) in [5, 5.41) is 1.85. The number of benzene rings is 3. The Labute approximate surface area is 232 Å². The Hall–Kier alpha value is -4.10. The Balaban J connectivity index is 1.35. The summed E-state index contributed by atoms with van der Waals surface area (Å²) < 4.78 is 6.86. The fourth-order valence-corrected chi connectivity index (χ4v) is 5.29. The monoisotopic (exact) mass is 543 g/mol. The molecule has 0 spiro atoms. The van der Waals surface area contributed by atoms with Gasteiger partial charge in [-0.1, -0.05) is 65.7 Å². The molecule has 0 saturated carbocycles. The molecule has 0 bridgehead atoms. The number of amides is 1. The van der Waals surface area contributed by atoms with Crippen LogP contribution < -0.4 is 10.5 Å². The van der Waals surface area contributed by atoms with Gasteiger partial charge in [-0.25, -0.2) is 4.79 Å². The molecule has 1 aliphatic rings. The first-order valence-electron chi connectivity index (χ1n) is 12.9. The smallest absolute Gasteiger partial charge is 0.356 e. The molecule has 0 aliphatic carbocycles. The topological polar surface area (TPSA) is 71.9 Å². The van der Waals surface area contributed by atoms with E-state index in [2.05, 4.69) is 4.90 Å². The molecule has 3 aromatic carbocycles. The van der Waals surface area contributed by atoms with E-state index >= 15 is 0 Å². The second-order valence-electron chi connectivity index (χ2n) is 9.87. The van der Waals surface area contributed by atoms with Crippen molar-refractivity contribution in [2.24, 2.45) is 7.05 Å². The normalized spacial score (nSPS) is 13.5. The largest absolute Gasteiger partial charge is 0.451 e. The third-order valence-electron chi connectivity index (χ3n) is 7.31. The molecule has 4 aromatic rings. The molecule has 1 amide bonds. The summed E-state index contributed by atoms with van der Waals surface area (Å²) >= 11 is 6.19. The van der Waals surface area contributed by atoms with Crippen molar-refractivity contribution >= 4 is 39.9 Å². The van der Waals surface area contributed by atoms with Crippen molar-refractivity contribution < 1.29 is 14.3 Å². The molecule has 0 atom stereocenters. The molecule has 0 radical (unpaired) electrons. The van der Waals surface area contributed by atoms with E-state index in [9.17, 15) is 14.4 Å². The van der Waals surface area contributed by atoms with Gasteiger partial charge in [-0.3, -0.25) is 9.59 Å². The van der Waals surface area contributed by atoms with Gasteiger partial charge < -0.3 is 19.1 Å². The number of piperazine rings is 1. The standard InChI is InChI=1S/C31H30ClN3O4/c1-20-8-11-22(12-9-20)28-24-6-4-5-7-25(24)30(37)33(3)29(28)31(38)39-19-27(36)35-16-14-34(15-17-35)26-18-23(32)13-10-21(26)2/h4-13,18H,14-17,19H2,1-3H3. The van der Waals surface area contributed by atoms with Crippen LogP contribution in [-0.2, 0) is 16.6 Å². The van der Waals surface area contributed by atoms with Gasteiger partial charge in [-0.05, 0) is 48.6 Å². The van der Waals surface area contributed by atoms with Crippen LogP contribution in [0.4, 0.5) is 5.69 Å². The lowest BCUT2D eigenvalue weighted by atomic mass is 9.96. The average molecular weight is 544 g/mol. The Morgan fingerprint density at radius 2 is 1.56 bits per heavy atom. The Morgan fingerprint density at radius 1 is 0.897 bits per heavy atom. The summed E-state index contributed by atoms with van der Waals surface area (Å²) in [6, 6.07) is 20.8. The third-order valence-corrected chi connectivity index (χ3v) is 7.54. The zero-order chi connectivity index (χ0) is 27.7. The molecule has 200 valence electrons. The van der Waals surface area contributed by atoms with Gasteiger partial charge >= 0.3 is 5.97 Å². The average Bonchev–Trinajstić information content (AvgIpc) is 2.95. The lowest BCUT2D eigenvalue weighted by molar-refractivity contribution is -0.134. The Kier molecular flexibility index (Phi) is 7.44. The van der Waals surface area contributed by atoms with Crippen LogP contribution in [-0.4, -0.2) is 54.1 Å². The Bertz CT molecular complexity index is 1620. The quantitative estimate of drug-likeness (QED) is 0.332. The number of ether oxygens (including phenoxy) is 1. The van der Waals surface area contributed by atoms with E-state index in [1.165, 1.54) is 4.57 Å². The Morgan fingerprint density at radius 3 is 2.26 bits per heavy atom. The summed E-state index contributed by atoms with van der Waals surface area (Å²) in [4.78, 5) is 43.5. The van der Waals surface area contributed by atoms with E-state index in [4.69, 9.17) is 16.3 Å². The number of nitrogens with zero attached hydrogens (tertiary/aromatic N) is 3. The van der Waals surface area contributed by atoms with Crippen molar-refractivity contribution in [2.45, 2.75) is 13.8 Å². The number of hydrogen-bond donors (Lipinski definition) is 0. The first-order valence-corrected chi connectivity index (χ1v) is 13.3. The highest BCUT2D eigenvalue weighted by molar-refractivity contribution is 6.30. The number of carbonyl (C=O) groups excluding carboxylic acids is 2. The number of carbonyl (C=O) groups is 2. The number of pyridine rings is 1. The van der Waals surface area contributed by atoms with Crippen LogP contribution in [0.1, 0.15) is 21.6 Å². The number of hydrogen-bond acceptors (Lipinski definition) is 5. The van der Waals surface area contributed by atoms with Crippen molar-refractivity contribution in [3.8, 4) is 11.1 Å². The highest BCUT2D eigenvalue weighted by Gasteiger charge is 2.26. The van der Waals surface area contributed by atoms with Gasteiger partial charge in [0, 0.05) is 54.9 Å². The van der Waals surface area contributed by atoms with Crippen molar-refractivity contribution in [1.29, 1.82) is 0 Å². The van der Waals surface area contributed by atoms with E-state index in [0.29, 0.717) is 47.5 Å². The number of aromatic nitrogens is 1. The molecule has 1 aliphatic heterocycles. The summed E-state index contributed by atoms with van der Waals surface area (Å²) in [6.07, 6.45) is 0. The molecule has 1 aromatic heterocycles. The van der Waals surface area contributed by atoms with Gasteiger partial charge in [-0.15, -0.1) is 0 Å². The number of rotatable bonds is 5. The lowest BCUT2D eigenvalue weighted by Gasteiger charge is -2.36. The molecule has 2 heterocycles. The van der Waals surface area contributed by atoms with Gasteiger partial charge in [-0.2, -0.15) is 0 Å². The zero-order valence-corrected chi connectivity index (χ0v) is 23.0. The molecule has 7 nitrogen and oxygen atoms in total. The molecular formula is C31H30ClN3O4. The van der Waals surface area contributed by atoms with E-state index in [1.54, 1.807) is 24.1 Å². The van der Waals surface area contributed by atoms with Crippen LogP contribution in [0.2, 0.25) is 5.02 Å². The van der Waals surface area contributed by atoms with Crippen LogP contribution in [0.15, 0.2) is 71.5 Å². The van der Waals surface area contributed by atoms with Crippen LogP contribution in [0, 0.1) is 13.8 Å². The van der Waals surface area contributed by atoms with E-state index in [1.807, 2.05) is 68.4 Å². The lowest BCUT2D eigenvalue weighted by Crippen LogP contribution is -2.50. The van der Waals surface area contributed by atoms with Crippen LogP contribution in [0.25, 0.3) is 21.9 Å². The molecular weight excluding hydrogens is 514 g/mol. The van der Waals surface area contributed by atoms with Gasteiger partial charge in [0.15, 0.2) is 6.61 Å². The fourth-order valence-electron chi connectivity index (χ4n) is 5.12. The minimum absolute atomic E-state index is 0.122. The minimum atomic E-state index is -0.711. The molecule has 1 saturated heterocycles. The molecule has 5 rings (SSSR count). The van der Waals surface area contributed by atoms with Gasteiger partial charge in [0.1, 0.15) is 5.69 Å². The maximum Gasteiger partial charge on any atom is 0.356 e. The van der Waals surface area contributed by atoms with Gasteiger partial charge in [0.25, 0.3) is 11.5 Å². The molecule has 8 heteroatoms. The first-order chi connectivity index (χ1) is 18.7. The maximum atomic E-state index is 13.4. The number of fused-ring (bicyclic) bond motifs is 1. The predicted molar refractivity (Wildman–Crippen MR) is 155 cm³/mol. The number of esters is 1. The second kappa shape index (κ2) is 10.9. The van der Waals surface area contributed by atoms with Crippen LogP contribution in [0.5, 0.6) is 0 Å². The van der Waals surface area contributed by atoms with Crippen molar-refractivity contribution in [2.75, 3.05) is 37.7 Å². The summed E-state index contributed by atoms with van der Waals surface area (Å²) in [7, 11) is 1.56. The number of anilines is 1. The fraction of sp³-hybridized carbons (Fsp3) is 0.258. The van der Waals surface area contributed by atoms with E-state index in [-0.39, 0.29) is 17.2 Å². The summed E-state index contributed by atoms with van der Waals surface area (Å²) in [5.41, 5.74) is 4.48. The minimum Gasteiger partial charge on any atom is -0.451 e. The van der Waals surface area contributed by atoms with Gasteiger partial charge in [0.2, 0.25) is 0 Å². The molecule has 39 heavy (non-hydrogen) atoms. The number of halogens is 1. The summed E-state index contributed by atoms with van der Waals surface area (Å²) in [6.45, 7) is 5.93. The molecule has 0 N–H and O–H groups in total. The molecule has 0 unspecified atom stereocenters. The highest BCUT2D eigenvalue weighted by Crippen LogP contribution is 2.31.